The smallest absolute Gasteiger partial charge is 0.144 e. The van der Waals surface area contributed by atoms with Crippen molar-refractivity contribution in [1.82, 2.24) is 0 Å². The highest BCUT2D eigenvalue weighted by atomic mass is 31.2. The van der Waals surface area contributed by atoms with E-state index in [2.05, 4.69) is 18.2 Å². The van der Waals surface area contributed by atoms with Crippen LogP contribution in [0.25, 0.3) is 0 Å². The first-order chi connectivity index (χ1) is 13.6. The molecule has 134 valence electrons. The molecule has 3 rings (SSSR count). The Morgan fingerprint density at radius 1 is 0.714 bits per heavy atom. The summed E-state index contributed by atoms with van der Waals surface area (Å²) in [6.07, 6.45) is 0.144. The Morgan fingerprint density at radius 3 is 1.57 bits per heavy atom. The molecule has 0 heterocycles. The molecule has 0 amide bonds. The van der Waals surface area contributed by atoms with E-state index in [1.165, 1.54) is 0 Å². The molecule has 0 fully saturated rings. The van der Waals surface area contributed by atoms with Crippen LogP contribution in [-0.2, 0) is 4.57 Å². The van der Waals surface area contributed by atoms with E-state index in [1.54, 1.807) is 48.5 Å². The van der Waals surface area contributed by atoms with Crippen molar-refractivity contribution in [3.8, 4) is 18.2 Å². The zero-order chi connectivity index (χ0) is 20.0. The molecule has 0 radical (unpaired) electrons. The lowest BCUT2D eigenvalue weighted by Crippen LogP contribution is -2.21. The maximum Gasteiger partial charge on any atom is 0.144 e. The molecule has 0 bridgehead atoms. The molecule has 0 spiro atoms. The number of nitriles is 3. The first-order valence-corrected chi connectivity index (χ1v) is 10.5. The minimum absolute atomic E-state index is 0.144. The fourth-order valence-corrected chi connectivity index (χ4v) is 5.86. The van der Waals surface area contributed by atoms with Crippen molar-refractivity contribution in [3.05, 3.63) is 95.6 Å². The van der Waals surface area contributed by atoms with Gasteiger partial charge in [-0.25, -0.2) is 0 Å². The maximum atomic E-state index is 14.2. The third-order valence-corrected chi connectivity index (χ3v) is 7.77. The molecule has 5 heteroatoms. The molecule has 0 saturated heterocycles. The molecule has 0 N–H and O–H groups in total. The lowest BCUT2D eigenvalue weighted by atomic mass is 10.0. The summed E-state index contributed by atoms with van der Waals surface area (Å²) in [7, 11) is -3.16. The molecule has 0 aliphatic heterocycles. The first-order valence-electron chi connectivity index (χ1n) is 8.66. The summed E-state index contributed by atoms with van der Waals surface area (Å²) < 4.78 is 14.2. The van der Waals surface area contributed by atoms with E-state index in [9.17, 15) is 9.83 Å². The summed E-state index contributed by atoms with van der Waals surface area (Å²) in [5.74, 6) is -0.543. The fourth-order valence-electron chi connectivity index (χ4n) is 3.08. The van der Waals surface area contributed by atoms with Crippen LogP contribution in [0.2, 0.25) is 0 Å². The van der Waals surface area contributed by atoms with Crippen LogP contribution in [0.5, 0.6) is 0 Å². The fraction of sp³-hybridized carbons (Fsp3) is 0.0870. The topological polar surface area (TPSA) is 88.4 Å². The van der Waals surface area contributed by atoms with Gasteiger partial charge in [0.25, 0.3) is 0 Å². The monoisotopic (exact) mass is 381 g/mol. The van der Waals surface area contributed by atoms with Crippen molar-refractivity contribution in [2.45, 2.75) is 5.92 Å². The van der Waals surface area contributed by atoms with Crippen LogP contribution >= 0.6 is 7.14 Å². The lowest BCUT2D eigenvalue weighted by Gasteiger charge is -2.22. The third kappa shape index (κ3) is 3.87. The summed E-state index contributed by atoms with van der Waals surface area (Å²) in [5.41, 5.74) is 1.78. The van der Waals surface area contributed by atoms with E-state index in [0.29, 0.717) is 21.7 Å². The lowest BCUT2D eigenvalue weighted by molar-refractivity contribution is 0.585. The summed E-state index contributed by atoms with van der Waals surface area (Å²) >= 11 is 0. The van der Waals surface area contributed by atoms with Gasteiger partial charge in [0.1, 0.15) is 7.14 Å². The van der Waals surface area contributed by atoms with E-state index in [-0.39, 0.29) is 6.16 Å². The zero-order valence-corrected chi connectivity index (χ0v) is 15.9. The Labute approximate surface area is 164 Å². The van der Waals surface area contributed by atoms with Crippen LogP contribution in [0.3, 0.4) is 0 Å². The summed E-state index contributed by atoms with van der Waals surface area (Å²) in [5, 5.41) is 29.0. The molecule has 4 nitrogen and oxygen atoms in total. The maximum absolute atomic E-state index is 14.2. The second-order valence-electron chi connectivity index (χ2n) is 6.33. The second kappa shape index (κ2) is 8.37. The minimum atomic E-state index is -3.16. The molecular weight excluding hydrogens is 365 g/mol. The minimum Gasteiger partial charge on any atom is -0.314 e. The van der Waals surface area contributed by atoms with E-state index in [0.717, 1.165) is 5.56 Å². The number of rotatable bonds is 5. The van der Waals surface area contributed by atoms with Gasteiger partial charge < -0.3 is 4.57 Å². The molecule has 0 aliphatic rings. The Bertz CT molecular complexity index is 1070. The number of hydrogen-bond acceptors (Lipinski definition) is 4. The molecule has 1 unspecified atom stereocenters. The van der Waals surface area contributed by atoms with Gasteiger partial charge in [-0.2, -0.15) is 15.8 Å². The van der Waals surface area contributed by atoms with E-state index >= 15 is 0 Å². The van der Waals surface area contributed by atoms with Gasteiger partial charge in [-0.1, -0.05) is 30.3 Å². The van der Waals surface area contributed by atoms with Gasteiger partial charge in [0.05, 0.1) is 35.3 Å². The summed E-state index contributed by atoms with van der Waals surface area (Å²) in [4.78, 5) is 0. The third-order valence-electron chi connectivity index (χ3n) is 4.62. The van der Waals surface area contributed by atoms with Crippen molar-refractivity contribution in [1.29, 1.82) is 15.8 Å². The van der Waals surface area contributed by atoms with Crippen molar-refractivity contribution in [3.63, 3.8) is 0 Å². The quantitative estimate of drug-likeness (QED) is 0.624. The van der Waals surface area contributed by atoms with Crippen molar-refractivity contribution in [2.75, 3.05) is 6.16 Å². The van der Waals surface area contributed by atoms with Gasteiger partial charge in [0, 0.05) is 16.8 Å². The van der Waals surface area contributed by atoms with Crippen LogP contribution in [-0.4, -0.2) is 6.16 Å². The number of hydrogen-bond donors (Lipinski definition) is 0. The predicted octanol–water partition coefficient (Wildman–Crippen LogP) is 4.05. The number of nitrogens with zero attached hydrogens (tertiary/aromatic N) is 3. The number of benzene rings is 3. The van der Waals surface area contributed by atoms with Gasteiger partial charge in [0.2, 0.25) is 0 Å². The van der Waals surface area contributed by atoms with Crippen LogP contribution < -0.4 is 10.6 Å². The van der Waals surface area contributed by atoms with Crippen LogP contribution in [0.1, 0.15) is 22.6 Å². The average molecular weight is 381 g/mol. The average Bonchev–Trinajstić information content (AvgIpc) is 2.78. The van der Waals surface area contributed by atoms with Crippen molar-refractivity contribution >= 4 is 17.8 Å². The van der Waals surface area contributed by atoms with E-state index in [1.807, 2.05) is 30.3 Å². The molecule has 0 saturated carbocycles. The predicted molar refractivity (Wildman–Crippen MR) is 109 cm³/mol. The Morgan fingerprint density at radius 2 is 1.18 bits per heavy atom. The summed E-state index contributed by atoms with van der Waals surface area (Å²) in [6, 6.07) is 29.0. The highest BCUT2D eigenvalue weighted by Gasteiger charge is 2.31. The highest BCUT2D eigenvalue weighted by Crippen LogP contribution is 2.47. The highest BCUT2D eigenvalue weighted by molar-refractivity contribution is 7.78. The summed E-state index contributed by atoms with van der Waals surface area (Å²) in [6.45, 7) is 0. The van der Waals surface area contributed by atoms with Crippen molar-refractivity contribution in [2.24, 2.45) is 0 Å². The second-order valence-corrected chi connectivity index (χ2v) is 9.21. The molecule has 3 aromatic carbocycles. The molecule has 28 heavy (non-hydrogen) atoms. The Balaban J connectivity index is 2.10. The van der Waals surface area contributed by atoms with Crippen LogP contribution in [0.15, 0.2) is 78.9 Å². The van der Waals surface area contributed by atoms with Gasteiger partial charge in [-0.15, -0.1) is 0 Å². The molecule has 3 aromatic rings. The normalized spacial score (nSPS) is 11.6. The Kier molecular flexibility index (Phi) is 5.72. The molecule has 1 atom stereocenters. The van der Waals surface area contributed by atoms with Crippen LogP contribution in [0.4, 0.5) is 0 Å². The van der Waals surface area contributed by atoms with Gasteiger partial charge in [0.15, 0.2) is 0 Å². The zero-order valence-electron chi connectivity index (χ0n) is 15.0. The van der Waals surface area contributed by atoms with Gasteiger partial charge in [-0.05, 0) is 54.1 Å². The first kappa shape index (κ1) is 19.1. The molecule has 0 aliphatic carbocycles. The largest absolute Gasteiger partial charge is 0.314 e. The molecule has 0 aromatic heterocycles. The Hall–Kier alpha value is -3.64. The van der Waals surface area contributed by atoms with E-state index < -0.39 is 13.1 Å². The van der Waals surface area contributed by atoms with E-state index in [4.69, 9.17) is 10.5 Å². The van der Waals surface area contributed by atoms with Crippen molar-refractivity contribution < 1.29 is 4.57 Å². The van der Waals surface area contributed by atoms with Gasteiger partial charge in [-0.3, -0.25) is 0 Å². The molecular formula is C23H16N3OP. The van der Waals surface area contributed by atoms with Gasteiger partial charge >= 0.3 is 0 Å². The SMILES string of the molecule is N#Cc1ccc(P(=O)(CC(C#N)c2ccccc2)c2ccc(C#N)cc2)cc1. The standard InChI is InChI=1S/C23H16N3OP/c24-14-18-6-10-22(11-7-18)28(27,23-12-8-19(15-25)9-13-23)17-21(16-26)20-4-2-1-3-5-20/h1-13,21H,17H2. The van der Waals surface area contributed by atoms with Crippen LogP contribution in [0, 0.1) is 34.0 Å².